The summed E-state index contributed by atoms with van der Waals surface area (Å²) in [5.41, 5.74) is 1.59. The van der Waals surface area contributed by atoms with Crippen LogP contribution in [0.25, 0.3) is 5.57 Å². The lowest BCUT2D eigenvalue weighted by Crippen LogP contribution is -2.08. The molecule has 0 amide bonds. The molecule has 0 saturated carbocycles. The highest BCUT2D eigenvalue weighted by Crippen LogP contribution is 2.18. The van der Waals surface area contributed by atoms with E-state index < -0.39 is 0 Å². The second kappa shape index (κ2) is 6.02. The van der Waals surface area contributed by atoms with Crippen LogP contribution in [0.1, 0.15) is 12.0 Å². The molecule has 0 bridgehead atoms. The first-order valence-corrected chi connectivity index (χ1v) is 4.84. The topological polar surface area (TPSA) is 38.3 Å². The zero-order valence-corrected chi connectivity index (χ0v) is 9.04. The summed E-state index contributed by atoms with van der Waals surface area (Å²) in [5.74, 6) is 2.77. The summed E-state index contributed by atoms with van der Waals surface area (Å²) in [5, 5.41) is 3.00. The van der Waals surface area contributed by atoms with Crippen LogP contribution in [0.2, 0.25) is 0 Å². The number of ether oxygens (including phenoxy) is 1. The smallest absolute Gasteiger partial charge is 0.128 e. The van der Waals surface area contributed by atoms with E-state index in [4.69, 9.17) is 4.74 Å². The summed E-state index contributed by atoms with van der Waals surface area (Å²) < 4.78 is 5.04. The van der Waals surface area contributed by atoms with Gasteiger partial charge in [0, 0.05) is 5.57 Å². The highest BCUT2D eigenvalue weighted by molar-refractivity contribution is 5.87. The minimum Gasteiger partial charge on any atom is -0.497 e. The van der Waals surface area contributed by atoms with Gasteiger partial charge in [-0.1, -0.05) is 12.1 Å². The molecule has 1 aromatic carbocycles. The maximum Gasteiger partial charge on any atom is 0.128 e. The standard InChI is InChI=1S/C12H15NO2/c1-13-8-7-11(9-14)10-3-5-12(15-2)6-4-10/h3-6,13H,7-8H2,1-2H3. The minimum absolute atomic E-state index is 0.687. The van der Waals surface area contributed by atoms with Crippen LogP contribution in [0.4, 0.5) is 0 Å². The normalized spacial score (nSPS) is 9.47. The first-order chi connectivity index (χ1) is 7.31. The lowest BCUT2D eigenvalue weighted by molar-refractivity contribution is 0.415. The van der Waals surface area contributed by atoms with Crippen molar-refractivity contribution in [3.63, 3.8) is 0 Å². The molecule has 0 atom stereocenters. The first kappa shape index (κ1) is 11.5. The Hall–Kier alpha value is -1.57. The van der Waals surface area contributed by atoms with E-state index in [2.05, 4.69) is 5.32 Å². The Bertz CT molecular complexity index is 350. The van der Waals surface area contributed by atoms with Gasteiger partial charge in [0.1, 0.15) is 11.7 Å². The Kier molecular flexibility index (Phi) is 4.61. The lowest BCUT2D eigenvalue weighted by Gasteiger charge is -2.04. The Morgan fingerprint density at radius 3 is 2.53 bits per heavy atom. The van der Waals surface area contributed by atoms with Crippen molar-refractivity contribution in [1.29, 1.82) is 0 Å². The van der Waals surface area contributed by atoms with Crippen LogP contribution < -0.4 is 10.1 Å². The highest BCUT2D eigenvalue weighted by Gasteiger charge is 2.02. The van der Waals surface area contributed by atoms with Gasteiger partial charge < -0.3 is 10.1 Å². The molecule has 1 rings (SSSR count). The fourth-order valence-electron chi connectivity index (χ4n) is 1.30. The monoisotopic (exact) mass is 205 g/mol. The van der Waals surface area contributed by atoms with Crippen molar-refractivity contribution in [2.45, 2.75) is 6.42 Å². The zero-order valence-electron chi connectivity index (χ0n) is 9.04. The molecule has 0 aliphatic rings. The number of rotatable bonds is 5. The Morgan fingerprint density at radius 1 is 1.40 bits per heavy atom. The summed E-state index contributed by atoms with van der Waals surface area (Å²) in [6.07, 6.45) is 0.687. The van der Waals surface area contributed by atoms with Crippen LogP contribution in [0.3, 0.4) is 0 Å². The van der Waals surface area contributed by atoms with Crippen LogP contribution in [-0.4, -0.2) is 26.6 Å². The number of benzene rings is 1. The van der Waals surface area contributed by atoms with Crippen molar-refractivity contribution in [1.82, 2.24) is 5.32 Å². The van der Waals surface area contributed by atoms with Gasteiger partial charge in [-0.25, -0.2) is 4.79 Å². The van der Waals surface area contributed by atoms with Crippen molar-refractivity contribution < 1.29 is 9.53 Å². The zero-order chi connectivity index (χ0) is 11.1. The fraction of sp³-hybridized carbons (Fsp3) is 0.333. The molecule has 0 aromatic heterocycles. The van der Waals surface area contributed by atoms with Gasteiger partial charge in [0.25, 0.3) is 0 Å². The van der Waals surface area contributed by atoms with Gasteiger partial charge >= 0.3 is 0 Å². The van der Waals surface area contributed by atoms with Crippen molar-refractivity contribution in [3.8, 4) is 5.75 Å². The van der Waals surface area contributed by atoms with Crippen molar-refractivity contribution in [3.05, 3.63) is 29.8 Å². The van der Waals surface area contributed by atoms with Crippen LogP contribution >= 0.6 is 0 Å². The second-order valence-electron chi connectivity index (χ2n) is 3.16. The summed E-state index contributed by atoms with van der Waals surface area (Å²) in [4.78, 5) is 10.7. The van der Waals surface area contributed by atoms with Crippen molar-refractivity contribution in [2.24, 2.45) is 0 Å². The number of hydrogen-bond donors (Lipinski definition) is 1. The molecule has 0 unspecified atom stereocenters. The molecule has 80 valence electrons. The molecule has 0 saturated heterocycles. The summed E-state index contributed by atoms with van der Waals surface area (Å²) in [6.45, 7) is 0.774. The van der Waals surface area contributed by atoms with Crippen molar-refractivity contribution in [2.75, 3.05) is 20.7 Å². The van der Waals surface area contributed by atoms with Gasteiger partial charge in [-0.15, -0.1) is 0 Å². The number of carbonyl (C=O) groups excluding carboxylic acids is 1. The van der Waals surface area contributed by atoms with Gasteiger partial charge in [-0.2, -0.15) is 0 Å². The number of methoxy groups -OCH3 is 1. The number of hydrogen-bond acceptors (Lipinski definition) is 3. The Morgan fingerprint density at radius 2 is 2.07 bits per heavy atom. The van der Waals surface area contributed by atoms with Crippen LogP contribution in [0.5, 0.6) is 5.75 Å². The lowest BCUT2D eigenvalue weighted by atomic mass is 10.0. The van der Waals surface area contributed by atoms with E-state index in [0.717, 1.165) is 17.9 Å². The molecule has 1 N–H and O–H groups in total. The quantitative estimate of drug-likeness (QED) is 0.741. The molecule has 0 aliphatic carbocycles. The third-order valence-electron chi connectivity index (χ3n) is 2.19. The Labute approximate surface area is 89.8 Å². The SMILES string of the molecule is CNCCC(=C=O)c1ccc(OC)cc1. The second-order valence-corrected chi connectivity index (χ2v) is 3.16. The molecule has 1 aromatic rings. The third kappa shape index (κ3) is 3.24. The predicted octanol–water partition coefficient (Wildman–Crippen LogP) is 1.52. The van der Waals surface area contributed by atoms with Crippen LogP contribution in [-0.2, 0) is 4.79 Å². The van der Waals surface area contributed by atoms with E-state index >= 15 is 0 Å². The van der Waals surface area contributed by atoms with E-state index in [-0.39, 0.29) is 0 Å². The molecular formula is C12H15NO2. The average molecular weight is 205 g/mol. The van der Waals surface area contributed by atoms with Gasteiger partial charge in [0.05, 0.1) is 7.11 Å². The van der Waals surface area contributed by atoms with Gasteiger partial charge in [-0.05, 0) is 37.7 Å². The van der Waals surface area contributed by atoms with E-state index in [0.29, 0.717) is 12.0 Å². The molecular weight excluding hydrogens is 190 g/mol. The molecule has 0 heterocycles. The predicted molar refractivity (Wildman–Crippen MR) is 60.6 cm³/mol. The van der Waals surface area contributed by atoms with E-state index in [9.17, 15) is 4.79 Å². The first-order valence-electron chi connectivity index (χ1n) is 4.84. The average Bonchev–Trinajstić information content (AvgIpc) is 2.31. The van der Waals surface area contributed by atoms with E-state index in [1.54, 1.807) is 7.11 Å². The maximum absolute atomic E-state index is 10.7. The van der Waals surface area contributed by atoms with Gasteiger partial charge in [0.2, 0.25) is 0 Å². The molecule has 15 heavy (non-hydrogen) atoms. The third-order valence-corrected chi connectivity index (χ3v) is 2.19. The molecule has 3 nitrogen and oxygen atoms in total. The molecule has 0 fully saturated rings. The van der Waals surface area contributed by atoms with Gasteiger partial charge in [-0.3, -0.25) is 0 Å². The largest absolute Gasteiger partial charge is 0.497 e. The minimum atomic E-state index is 0.687. The van der Waals surface area contributed by atoms with Crippen LogP contribution in [0.15, 0.2) is 24.3 Å². The molecule has 3 heteroatoms. The molecule has 0 spiro atoms. The molecule has 0 radical (unpaired) electrons. The van der Waals surface area contributed by atoms with Gasteiger partial charge in [0.15, 0.2) is 0 Å². The fourth-order valence-corrected chi connectivity index (χ4v) is 1.30. The summed E-state index contributed by atoms with van der Waals surface area (Å²) in [6, 6.07) is 7.42. The van der Waals surface area contributed by atoms with E-state index in [1.165, 1.54) is 0 Å². The Balaban J connectivity index is 2.79. The number of nitrogens with one attached hydrogen (secondary N) is 1. The van der Waals surface area contributed by atoms with Crippen molar-refractivity contribution >= 4 is 11.5 Å². The summed E-state index contributed by atoms with van der Waals surface area (Å²) in [7, 11) is 3.48. The summed E-state index contributed by atoms with van der Waals surface area (Å²) >= 11 is 0. The maximum atomic E-state index is 10.7. The van der Waals surface area contributed by atoms with Crippen LogP contribution in [0, 0.1) is 0 Å². The van der Waals surface area contributed by atoms with E-state index in [1.807, 2.05) is 37.3 Å². The highest BCUT2D eigenvalue weighted by atomic mass is 16.5. The molecule has 0 aliphatic heterocycles.